The molecule has 0 bridgehead atoms. The zero-order valence-electron chi connectivity index (χ0n) is 53.5. The van der Waals surface area contributed by atoms with Crippen LogP contribution in [0.25, 0.3) is 0 Å². The van der Waals surface area contributed by atoms with Gasteiger partial charge in [-0.3, -0.25) is 14.4 Å². The van der Waals surface area contributed by atoms with Crippen LogP contribution in [0, 0.1) is 20.8 Å². The maximum absolute atomic E-state index is 13.3. The number of nitrogens with two attached hydrogens (primary N) is 1. The Hall–Kier alpha value is -9.10. The molecule has 89 heavy (non-hydrogen) atoms. The van der Waals surface area contributed by atoms with E-state index in [1.807, 2.05) is 135 Å². The van der Waals surface area contributed by atoms with E-state index < -0.39 is 40.4 Å². The van der Waals surface area contributed by atoms with Crippen LogP contribution in [-0.2, 0) is 62.4 Å². The third-order valence-electron chi connectivity index (χ3n) is 15.1. The summed E-state index contributed by atoms with van der Waals surface area (Å²) in [6.45, 7) is 21.1. The van der Waals surface area contributed by atoms with Crippen molar-refractivity contribution in [3.63, 3.8) is 0 Å². The smallest absolute Gasteiger partial charge is 0.339 e. The molecule has 476 valence electrons. The van der Waals surface area contributed by atoms with Crippen molar-refractivity contribution in [3.05, 3.63) is 176 Å². The predicted octanol–water partition coefficient (Wildman–Crippen LogP) is 10.3. The van der Waals surface area contributed by atoms with Crippen molar-refractivity contribution in [2.45, 2.75) is 150 Å². The van der Waals surface area contributed by atoms with Crippen LogP contribution < -0.4 is 44.8 Å². The minimum absolute atomic E-state index is 0.0193. The number of aliphatic carboxylic acids is 1. The van der Waals surface area contributed by atoms with E-state index in [0.29, 0.717) is 72.2 Å². The normalized spacial score (nSPS) is 17.3. The number of hydrogen-bond donors (Lipinski definition) is 5. The molecule has 0 radical (unpaired) electrons. The van der Waals surface area contributed by atoms with Gasteiger partial charge in [-0.15, -0.1) is 0 Å². The van der Waals surface area contributed by atoms with Crippen LogP contribution in [-0.4, -0.2) is 115 Å². The third-order valence-corrected chi connectivity index (χ3v) is 15.1. The highest BCUT2D eigenvalue weighted by Crippen LogP contribution is 2.38. The monoisotopic (exact) mass is 1220 g/mol. The lowest BCUT2D eigenvalue weighted by Gasteiger charge is -2.28. The van der Waals surface area contributed by atoms with Gasteiger partial charge < -0.3 is 64.5 Å². The average Bonchev–Trinajstić information content (AvgIpc) is 1.68. The van der Waals surface area contributed by atoms with Crippen molar-refractivity contribution in [3.8, 4) is 34.5 Å². The van der Waals surface area contributed by atoms with E-state index >= 15 is 0 Å². The number of amides is 2. The number of carboxylic acids is 2. The predicted molar refractivity (Wildman–Crippen MR) is 337 cm³/mol. The van der Waals surface area contributed by atoms with Gasteiger partial charge in [0.05, 0.1) is 64.0 Å². The molecule has 9 rings (SSSR count). The van der Waals surface area contributed by atoms with E-state index in [2.05, 4.69) is 10.6 Å². The number of carbonyl (C=O) groups is 6. The summed E-state index contributed by atoms with van der Waals surface area (Å²) in [6, 6.07) is 32.7. The summed E-state index contributed by atoms with van der Waals surface area (Å²) in [5, 5.41) is 24.6. The maximum atomic E-state index is 13.3. The average molecular weight is 1220 g/mol. The van der Waals surface area contributed by atoms with Gasteiger partial charge in [-0.1, -0.05) is 54.6 Å². The van der Waals surface area contributed by atoms with Crippen LogP contribution in [0.3, 0.4) is 0 Å². The lowest BCUT2D eigenvalue weighted by atomic mass is 9.94. The Morgan fingerprint density at radius 1 is 0.461 bits per heavy atom. The van der Waals surface area contributed by atoms with E-state index in [1.165, 1.54) is 0 Å². The molecule has 0 aliphatic heterocycles. The highest BCUT2D eigenvalue weighted by Gasteiger charge is 2.48. The van der Waals surface area contributed by atoms with Gasteiger partial charge in [0, 0.05) is 38.5 Å². The number of ether oxygens (including phenoxy) is 8. The number of esters is 2. The lowest BCUT2D eigenvalue weighted by molar-refractivity contribution is -0.150. The summed E-state index contributed by atoms with van der Waals surface area (Å²) in [6.07, 6.45) is 1.97. The second-order valence-corrected chi connectivity index (χ2v) is 23.1. The van der Waals surface area contributed by atoms with E-state index in [4.69, 9.17) is 48.7 Å². The van der Waals surface area contributed by atoms with E-state index in [1.54, 1.807) is 71.6 Å². The first-order valence-electron chi connectivity index (χ1n) is 29.7. The van der Waals surface area contributed by atoms with Crippen molar-refractivity contribution < 1.29 is 76.9 Å². The molecule has 2 amide bonds. The van der Waals surface area contributed by atoms with Crippen LogP contribution in [0.2, 0.25) is 0 Å². The molecule has 0 aromatic heterocycles. The molecule has 0 fully saturated rings. The molecule has 19 heteroatoms. The van der Waals surface area contributed by atoms with Gasteiger partial charge >= 0.3 is 23.9 Å². The van der Waals surface area contributed by atoms with Crippen LogP contribution in [0.15, 0.2) is 109 Å². The summed E-state index contributed by atoms with van der Waals surface area (Å²) in [7, 11) is 4.79. The van der Waals surface area contributed by atoms with E-state index in [-0.39, 0.29) is 55.2 Å². The molecule has 6 N–H and O–H groups in total. The van der Waals surface area contributed by atoms with E-state index in [9.17, 15) is 33.9 Å². The minimum atomic E-state index is -1.40. The molecule has 0 saturated heterocycles. The molecular weight excluding hydrogens is 1140 g/mol. The van der Waals surface area contributed by atoms with Gasteiger partial charge in [0.25, 0.3) is 11.8 Å². The zero-order chi connectivity index (χ0) is 65.5. The molecule has 6 aromatic carbocycles. The molecule has 0 saturated carbocycles. The molecule has 19 nitrogen and oxygen atoms in total. The number of carbonyl (C=O) groups excluding carboxylic acids is 4. The Labute approximate surface area is 521 Å². The highest BCUT2D eigenvalue weighted by molar-refractivity contribution is 6.02. The summed E-state index contributed by atoms with van der Waals surface area (Å²) in [5.74, 6) is 0.0510. The van der Waals surface area contributed by atoms with Gasteiger partial charge in [-0.25, -0.2) is 14.4 Å². The van der Waals surface area contributed by atoms with Gasteiger partial charge in [0.2, 0.25) is 0 Å². The molecule has 3 aliphatic rings. The number of aryl methyl sites for hydroxylation is 3. The fourth-order valence-corrected chi connectivity index (χ4v) is 10.9. The van der Waals surface area contributed by atoms with Gasteiger partial charge in [0.15, 0.2) is 0 Å². The molecule has 0 heterocycles. The van der Waals surface area contributed by atoms with Crippen LogP contribution in [0.4, 0.5) is 0 Å². The topological polar surface area (TPSA) is 267 Å². The second kappa shape index (κ2) is 30.2. The van der Waals surface area contributed by atoms with Crippen molar-refractivity contribution in [1.82, 2.24) is 10.6 Å². The number of nitrogens with one attached hydrogen (secondary N) is 2. The second-order valence-electron chi connectivity index (χ2n) is 23.1. The van der Waals surface area contributed by atoms with Gasteiger partial charge in [0.1, 0.15) is 56.7 Å². The maximum Gasteiger partial charge on any atom is 0.339 e. The highest BCUT2D eigenvalue weighted by atomic mass is 16.5. The number of methoxy groups -OCH3 is 3. The lowest BCUT2D eigenvalue weighted by Crippen LogP contribution is -2.56. The van der Waals surface area contributed by atoms with Crippen LogP contribution >= 0.6 is 0 Å². The molecule has 0 spiro atoms. The first kappa shape index (κ1) is 69.0. The van der Waals surface area contributed by atoms with Crippen molar-refractivity contribution >= 4 is 35.7 Å². The Bertz CT molecular complexity index is 3540. The Morgan fingerprint density at radius 2 is 0.787 bits per heavy atom. The summed E-state index contributed by atoms with van der Waals surface area (Å²) < 4.78 is 43.3. The molecule has 3 unspecified atom stereocenters. The molecule has 3 atom stereocenters. The van der Waals surface area contributed by atoms with Crippen molar-refractivity contribution in [1.29, 1.82) is 0 Å². The number of benzene rings is 6. The number of fused-ring (bicyclic) bond motifs is 3. The van der Waals surface area contributed by atoms with Crippen molar-refractivity contribution in [2.75, 3.05) is 34.5 Å². The first-order valence-corrected chi connectivity index (χ1v) is 29.7. The number of aromatic carboxylic acids is 1. The fourth-order valence-electron chi connectivity index (χ4n) is 10.9. The largest absolute Gasteiger partial charge is 0.497 e. The quantitative estimate of drug-likeness (QED) is 0.0472. The fraction of sp³-hybridized carbons (Fsp3) is 0.400. The standard InChI is InChI=1S/C24H29NO5.C22H25NO5.C13H17NO3.C11H14O3/c1-6-29-23(27)24(13-17-10-11-19(28-5)12-18(17)14-24)25-22(26)20-9-7-8-16(4)21(20)30-15(2)3;1-13(2)28-19-14(3)6-5-7-18(19)20(24)23-22(21(25)26)11-15-8-9-17(27-4)10-16(15)12-22;1-3-17-12(15)13(14)7-9-4-5-11(16-2)6-10(9)8-13;1-7(2)14-10-8(3)5-4-6-9(10)11(12)13/h7-12,15H,6,13-14H2,1-5H3,(H,25,26);5-10,13H,11-12H2,1-4H3,(H,23,24)(H,25,26);4-6H,3,7-8,14H2,1-2H3;4-7H,1-3H3,(H,12,13). The Kier molecular flexibility index (Phi) is 23.4. The number of hydrogen-bond acceptors (Lipinski definition) is 15. The summed E-state index contributed by atoms with van der Waals surface area (Å²) in [4.78, 5) is 74.2. The molecule has 3 aliphatic carbocycles. The number of rotatable bonds is 19. The molecule has 6 aromatic rings. The van der Waals surface area contributed by atoms with Gasteiger partial charge in [-0.2, -0.15) is 0 Å². The van der Waals surface area contributed by atoms with Gasteiger partial charge in [-0.05, 0) is 181 Å². The zero-order valence-corrected chi connectivity index (χ0v) is 53.5. The number of para-hydroxylation sites is 3. The van der Waals surface area contributed by atoms with Crippen molar-refractivity contribution in [2.24, 2.45) is 5.73 Å². The first-order chi connectivity index (χ1) is 42.2. The summed E-state index contributed by atoms with van der Waals surface area (Å²) >= 11 is 0. The molecular formula is C70H85N3O16. The van der Waals surface area contributed by atoms with Crippen LogP contribution in [0.1, 0.15) is 137 Å². The third kappa shape index (κ3) is 17.0. The Morgan fingerprint density at radius 3 is 1.17 bits per heavy atom. The SMILES string of the molecule is CCOC(=O)C1(N)Cc2ccc(OC)cc2C1.CCOC(=O)C1(NC(=O)c2cccc(C)c2OC(C)C)Cc2ccc(OC)cc2C1.COc1ccc2c(c1)CC(NC(=O)c1cccc(C)c1OC(C)C)(C(=O)O)C2.Cc1cccc(C(=O)O)c1OC(C)C. The van der Waals surface area contributed by atoms with E-state index in [0.717, 1.165) is 55.8 Å². The Balaban J connectivity index is 0.000000198. The summed E-state index contributed by atoms with van der Waals surface area (Å²) in [5.41, 5.74) is 12.0. The van der Waals surface area contributed by atoms with Crippen LogP contribution in [0.5, 0.6) is 34.5 Å². The minimum Gasteiger partial charge on any atom is -0.497 e. The number of carboxylic acid groups (broad SMARTS) is 2.